The van der Waals surface area contributed by atoms with Gasteiger partial charge in [0.2, 0.25) is 10.0 Å². The molecule has 0 spiro atoms. The molecular weight excluding hydrogens is 406 g/mol. The lowest BCUT2D eigenvalue weighted by atomic mass is 10.1. The smallest absolute Gasteiger partial charge is 0.251 e. The van der Waals surface area contributed by atoms with Crippen LogP contribution in [-0.4, -0.2) is 57.3 Å². The van der Waals surface area contributed by atoms with E-state index in [1.54, 1.807) is 23.5 Å². The molecule has 0 unspecified atom stereocenters. The number of sulfonamides is 1. The molecule has 1 aromatic heterocycles. The van der Waals surface area contributed by atoms with Gasteiger partial charge in [0, 0.05) is 30.1 Å². The van der Waals surface area contributed by atoms with Crippen molar-refractivity contribution >= 4 is 27.3 Å². The zero-order valence-electron chi connectivity index (χ0n) is 17.2. The summed E-state index contributed by atoms with van der Waals surface area (Å²) in [4.78, 5) is 16.3. The van der Waals surface area contributed by atoms with E-state index in [9.17, 15) is 13.2 Å². The lowest BCUT2D eigenvalue weighted by molar-refractivity contribution is 0.0941. The van der Waals surface area contributed by atoms with Crippen molar-refractivity contribution in [2.45, 2.75) is 37.1 Å². The SMILES string of the molecule is Cc1ccc(S(=O)(=O)N2CCCCC2)cc1C(=O)NC[C@@H](c1cccs1)N(C)C. The number of amides is 1. The first-order valence-electron chi connectivity index (χ1n) is 9.89. The minimum Gasteiger partial charge on any atom is -0.350 e. The van der Waals surface area contributed by atoms with E-state index in [-0.39, 0.29) is 16.8 Å². The largest absolute Gasteiger partial charge is 0.350 e. The monoisotopic (exact) mass is 435 g/mol. The molecule has 3 rings (SSSR count). The Morgan fingerprint density at radius 1 is 1.21 bits per heavy atom. The van der Waals surface area contributed by atoms with Crippen molar-refractivity contribution in [2.24, 2.45) is 0 Å². The summed E-state index contributed by atoms with van der Waals surface area (Å²) in [6, 6.07) is 8.96. The Hall–Kier alpha value is -1.74. The lowest BCUT2D eigenvalue weighted by Gasteiger charge is -2.26. The average Bonchev–Trinajstić information content (AvgIpc) is 3.23. The fourth-order valence-corrected chi connectivity index (χ4v) is 6.03. The fourth-order valence-electron chi connectivity index (χ4n) is 3.56. The molecule has 1 N–H and O–H groups in total. The van der Waals surface area contributed by atoms with Crippen molar-refractivity contribution in [1.82, 2.24) is 14.5 Å². The summed E-state index contributed by atoms with van der Waals surface area (Å²) in [5.74, 6) is -0.249. The molecule has 1 aliphatic heterocycles. The topological polar surface area (TPSA) is 69.7 Å². The number of aryl methyl sites for hydroxylation is 1. The maximum atomic E-state index is 13.0. The third kappa shape index (κ3) is 5.06. The van der Waals surface area contributed by atoms with Gasteiger partial charge in [0.25, 0.3) is 5.91 Å². The highest BCUT2D eigenvalue weighted by molar-refractivity contribution is 7.89. The summed E-state index contributed by atoms with van der Waals surface area (Å²) < 4.78 is 27.5. The first-order valence-corrected chi connectivity index (χ1v) is 12.2. The van der Waals surface area contributed by atoms with Gasteiger partial charge in [-0.05, 0) is 63.0 Å². The molecule has 8 heteroatoms. The minimum atomic E-state index is -3.57. The van der Waals surface area contributed by atoms with Crippen LogP contribution >= 0.6 is 11.3 Å². The molecule has 29 heavy (non-hydrogen) atoms. The standard InChI is InChI=1S/C21H29N3O3S2/c1-16-9-10-17(29(26,27)24-11-5-4-6-12-24)14-18(16)21(25)22-15-19(23(2)3)20-8-7-13-28-20/h7-10,13-14,19H,4-6,11-12,15H2,1-3H3,(H,22,25)/t19-/m0/s1. The van der Waals surface area contributed by atoms with E-state index in [2.05, 4.69) is 16.3 Å². The van der Waals surface area contributed by atoms with Crippen LogP contribution in [0.1, 0.15) is 46.1 Å². The Morgan fingerprint density at radius 3 is 2.55 bits per heavy atom. The molecule has 1 aromatic carbocycles. The highest BCUT2D eigenvalue weighted by Gasteiger charge is 2.27. The van der Waals surface area contributed by atoms with Crippen LogP contribution in [0.15, 0.2) is 40.6 Å². The number of nitrogens with one attached hydrogen (secondary N) is 1. The summed E-state index contributed by atoms with van der Waals surface area (Å²) >= 11 is 1.65. The summed E-state index contributed by atoms with van der Waals surface area (Å²) in [6.45, 7) is 3.37. The van der Waals surface area contributed by atoms with Crippen LogP contribution < -0.4 is 5.32 Å². The van der Waals surface area contributed by atoms with Crippen LogP contribution in [0.2, 0.25) is 0 Å². The molecule has 1 saturated heterocycles. The van der Waals surface area contributed by atoms with Gasteiger partial charge in [-0.1, -0.05) is 18.6 Å². The number of thiophene rings is 1. The molecule has 0 aliphatic carbocycles. The summed E-state index contributed by atoms with van der Waals surface area (Å²) in [5, 5.41) is 5.01. The lowest BCUT2D eigenvalue weighted by Crippen LogP contribution is -2.36. The third-order valence-corrected chi connectivity index (χ3v) is 8.23. The van der Waals surface area contributed by atoms with E-state index in [4.69, 9.17) is 0 Å². The summed E-state index contributed by atoms with van der Waals surface area (Å²) in [6.07, 6.45) is 2.82. The molecule has 0 bridgehead atoms. The van der Waals surface area contributed by atoms with Crippen LogP contribution in [0.25, 0.3) is 0 Å². The second-order valence-corrected chi connectivity index (χ2v) is 10.6. The van der Waals surface area contributed by atoms with Crippen molar-refractivity contribution in [3.8, 4) is 0 Å². The number of piperidine rings is 1. The van der Waals surface area contributed by atoms with E-state index >= 15 is 0 Å². The highest BCUT2D eigenvalue weighted by atomic mass is 32.2. The molecular formula is C21H29N3O3S2. The number of carbonyl (C=O) groups excluding carboxylic acids is 1. The number of hydrogen-bond acceptors (Lipinski definition) is 5. The van der Waals surface area contributed by atoms with Crippen molar-refractivity contribution in [3.63, 3.8) is 0 Å². The zero-order valence-corrected chi connectivity index (χ0v) is 18.9. The third-order valence-electron chi connectivity index (χ3n) is 5.36. The van der Waals surface area contributed by atoms with Gasteiger partial charge < -0.3 is 10.2 Å². The van der Waals surface area contributed by atoms with E-state index in [1.807, 2.05) is 32.5 Å². The van der Waals surface area contributed by atoms with Gasteiger partial charge in [0.15, 0.2) is 0 Å². The van der Waals surface area contributed by atoms with Crippen molar-refractivity contribution in [2.75, 3.05) is 33.7 Å². The molecule has 158 valence electrons. The molecule has 1 amide bonds. The quantitative estimate of drug-likeness (QED) is 0.725. The number of rotatable bonds is 7. The van der Waals surface area contributed by atoms with Crippen molar-refractivity contribution in [1.29, 1.82) is 0 Å². The van der Waals surface area contributed by atoms with Crippen LogP contribution in [0.3, 0.4) is 0 Å². The number of carbonyl (C=O) groups is 1. The van der Waals surface area contributed by atoms with Gasteiger partial charge in [-0.15, -0.1) is 11.3 Å². The maximum absolute atomic E-state index is 13.0. The van der Waals surface area contributed by atoms with Crippen LogP contribution in [0.5, 0.6) is 0 Å². The molecule has 1 atom stereocenters. The normalized spacial score (nSPS) is 16.7. The molecule has 6 nitrogen and oxygen atoms in total. The molecule has 0 saturated carbocycles. The molecule has 1 aliphatic rings. The van der Waals surface area contributed by atoms with Crippen LogP contribution in [0, 0.1) is 6.92 Å². The van der Waals surface area contributed by atoms with E-state index in [0.29, 0.717) is 25.2 Å². The molecule has 0 radical (unpaired) electrons. The van der Waals surface area contributed by atoms with E-state index in [0.717, 1.165) is 24.8 Å². The molecule has 1 fully saturated rings. The van der Waals surface area contributed by atoms with Gasteiger partial charge >= 0.3 is 0 Å². The summed E-state index contributed by atoms with van der Waals surface area (Å²) in [7, 11) is 0.391. The Labute approximate surface area is 177 Å². The first-order chi connectivity index (χ1) is 13.8. The van der Waals surface area contributed by atoms with Crippen LogP contribution in [-0.2, 0) is 10.0 Å². The zero-order chi connectivity index (χ0) is 21.0. The van der Waals surface area contributed by atoms with Crippen molar-refractivity contribution < 1.29 is 13.2 Å². The second-order valence-electron chi connectivity index (χ2n) is 7.65. The summed E-state index contributed by atoms with van der Waals surface area (Å²) in [5.41, 5.74) is 1.17. The van der Waals surface area contributed by atoms with Gasteiger partial charge in [-0.2, -0.15) is 4.31 Å². The predicted molar refractivity (Wildman–Crippen MR) is 117 cm³/mol. The second kappa shape index (κ2) is 9.38. The van der Waals surface area contributed by atoms with Gasteiger partial charge in [-0.25, -0.2) is 8.42 Å². The van der Waals surface area contributed by atoms with Gasteiger partial charge in [-0.3, -0.25) is 4.79 Å². The average molecular weight is 436 g/mol. The van der Waals surface area contributed by atoms with Gasteiger partial charge in [0.05, 0.1) is 10.9 Å². The van der Waals surface area contributed by atoms with Crippen molar-refractivity contribution in [3.05, 3.63) is 51.7 Å². The Balaban J connectivity index is 1.77. The van der Waals surface area contributed by atoms with E-state index in [1.165, 1.54) is 15.2 Å². The Morgan fingerprint density at radius 2 is 1.93 bits per heavy atom. The van der Waals surface area contributed by atoms with Crippen LogP contribution in [0.4, 0.5) is 0 Å². The predicted octanol–water partition coefficient (Wildman–Crippen LogP) is 3.26. The maximum Gasteiger partial charge on any atom is 0.251 e. The Bertz CT molecular complexity index is 934. The van der Waals surface area contributed by atoms with Gasteiger partial charge in [0.1, 0.15) is 0 Å². The fraction of sp³-hybridized carbons (Fsp3) is 0.476. The number of benzene rings is 1. The number of nitrogens with zero attached hydrogens (tertiary/aromatic N) is 2. The highest BCUT2D eigenvalue weighted by Crippen LogP contribution is 2.24. The van der Waals surface area contributed by atoms with E-state index < -0.39 is 10.0 Å². The molecule has 2 aromatic rings. The number of likely N-dealkylation sites (N-methyl/N-ethyl adjacent to an activating group) is 1. The molecule has 2 heterocycles. The first kappa shape index (κ1) is 22.0. The minimum absolute atomic E-state index is 0.0690. The Kier molecular flexibility index (Phi) is 7.10. The number of hydrogen-bond donors (Lipinski definition) is 1.